The third-order valence-electron chi connectivity index (χ3n) is 5.82. The summed E-state index contributed by atoms with van der Waals surface area (Å²) in [5, 5.41) is 0. The van der Waals surface area contributed by atoms with Gasteiger partial charge in [-0.1, -0.05) is 73.5 Å². The van der Waals surface area contributed by atoms with Crippen molar-refractivity contribution in [2.75, 3.05) is 14.2 Å². The zero-order valence-electron chi connectivity index (χ0n) is 19.8. The third kappa shape index (κ3) is 13.5. The molecule has 0 bridgehead atoms. The van der Waals surface area contributed by atoms with E-state index < -0.39 is 29.3 Å². The second-order valence-electron chi connectivity index (χ2n) is 8.16. The number of alkyl halides is 1. The topological polar surface area (TPSA) is 18.5 Å². The molecule has 0 amide bonds. The Morgan fingerprint density at radius 1 is 0.724 bits per heavy atom. The van der Waals surface area contributed by atoms with Crippen molar-refractivity contribution in [2.45, 2.75) is 79.8 Å². The van der Waals surface area contributed by atoms with Gasteiger partial charge in [0.25, 0.3) is 0 Å². The molecular weight excluding hydrogens is 377 g/mol. The largest absolute Gasteiger partial charge is 0.494 e. The van der Waals surface area contributed by atoms with Crippen molar-refractivity contribution in [1.29, 1.82) is 0 Å². The maximum absolute atomic E-state index is 13.0. The molecule has 0 heterocycles. The monoisotopic (exact) mass is 420 g/mol. The van der Waals surface area contributed by atoms with Gasteiger partial charge < -0.3 is 9.47 Å². The molecule has 0 saturated heterocycles. The molecule has 0 rings (SSSR count). The summed E-state index contributed by atoms with van der Waals surface area (Å²) in [7, 11) is 2.37. The maximum Gasteiger partial charge on any atom is 0.203 e. The van der Waals surface area contributed by atoms with E-state index in [1.54, 1.807) is 6.92 Å². The highest BCUT2D eigenvalue weighted by atomic mass is 19.2. The van der Waals surface area contributed by atoms with Gasteiger partial charge in [0, 0.05) is 0 Å². The fraction of sp³-hybridized carbons (Fsp3) is 0.750. The van der Waals surface area contributed by atoms with E-state index in [2.05, 4.69) is 50.3 Å². The Kier molecular flexibility index (Phi) is 16.9. The summed E-state index contributed by atoms with van der Waals surface area (Å²) in [4.78, 5) is 0. The molecule has 29 heavy (non-hydrogen) atoms. The summed E-state index contributed by atoms with van der Waals surface area (Å²) in [5.41, 5.74) is 0. The minimum Gasteiger partial charge on any atom is -0.494 e. The molecule has 0 aliphatic heterocycles. The van der Waals surface area contributed by atoms with E-state index in [1.807, 2.05) is 6.92 Å². The normalized spacial score (nSPS) is 16.9. The first kappa shape index (κ1) is 29.8. The molecule has 0 radical (unpaired) electrons. The molecular formula is C24H43F3O2. The third-order valence-corrected chi connectivity index (χ3v) is 5.82. The van der Waals surface area contributed by atoms with Crippen LogP contribution in [0.5, 0.6) is 0 Å². The maximum atomic E-state index is 13.0. The SMILES string of the molecule is C=C(OC)/C(F)=C(/F)C(=C)OC.CCC(C)CCC(C)C(C)CCC(C)C(C)F. The molecule has 5 heteroatoms. The molecule has 0 saturated carbocycles. The standard InChI is InChI=1S/C16H33F.C8H10F2O2/c1-7-12(2)8-9-13(3)14(4)10-11-15(5)16(6)17;1-5(11-3)7(9)8(10)6(2)12-4/h12-16H,7-11H2,1-6H3;1-2H2,3-4H3/b;8-7-. The Balaban J connectivity index is 0. The first-order chi connectivity index (χ1) is 13.4. The van der Waals surface area contributed by atoms with Gasteiger partial charge in [0.15, 0.2) is 11.5 Å². The first-order valence-electron chi connectivity index (χ1n) is 10.6. The lowest BCUT2D eigenvalue weighted by atomic mass is 9.84. The molecule has 5 unspecified atom stereocenters. The van der Waals surface area contributed by atoms with E-state index in [0.717, 1.165) is 24.2 Å². The summed E-state index contributed by atoms with van der Waals surface area (Å²) in [5.74, 6) is -0.606. The van der Waals surface area contributed by atoms with Crippen LogP contribution in [0.25, 0.3) is 0 Å². The van der Waals surface area contributed by atoms with Gasteiger partial charge in [-0.2, -0.15) is 8.78 Å². The van der Waals surface area contributed by atoms with Crippen LogP contribution in [-0.4, -0.2) is 20.4 Å². The fourth-order valence-corrected chi connectivity index (χ4v) is 2.50. The van der Waals surface area contributed by atoms with Crippen LogP contribution in [0.3, 0.4) is 0 Å². The molecule has 0 aliphatic carbocycles. The van der Waals surface area contributed by atoms with Gasteiger partial charge in [-0.25, -0.2) is 4.39 Å². The van der Waals surface area contributed by atoms with E-state index in [0.29, 0.717) is 0 Å². The molecule has 2 nitrogen and oxygen atoms in total. The predicted molar refractivity (Wildman–Crippen MR) is 118 cm³/mol. The van der Waals surface area contributed by atoms with Gasteiger partial charge in [0.2, 0.25) is 11.7 Å². The number of hydrogen-bond acceptors (Lipinski definition) is 2. The Bertz CT molecular complexity index is 476. The number of rotatable bonds is 13. The summed E-state index contributed by atoms with van der Waals surface area (Å²) < 4.78 is 47.3. The van der Waals surface area contributed by atoms with E-state index in [4.69, 9.17) is 0 Å². The summed E-state index contributed by atoms with van der Waals surface area (Å²) in [6.07, 6.45) is 5.52. The predicted octanol–water partition coefficient (Wildman–Crippen LogP) is 8.32. The van der Waals surface area contributed by atoms with Crippen LogP contribution in [0.1, 0.15) is 73.6 Å². The van der Waals surface area contributed by atoms with Gasteiger partial charge in [-0.3, -0.25) is 0 Å². The van der Waals surface area contributed by atoms with Gasteiger partial charge in [0.1, 0.15) is 0 Å². The van der Waals surface area contributed by atoms with E-state index in [-0.39, 0.29) is 5.92 Å². The fourth-order valence-electron chi connectivity index (χ4n) is 2.50. The van der Waals surface area contributed by atoms with Crippen LogP contribution in [0, 0.1) is 23.7 Å². The van der Waals surface area contributed by atoms with Crippen LogP contribution >= 0.6 is 0 Å². The van der Waals surface area contributed by atoms with Crippen LogP contribution in [0.15, 0.2) is 36.3 Å². The van der Waals surface area contributed by atoms with Crippen molar-refractivity contribution in [3.63, 3.8) is 0 Å². The highest BCUT2D eigenvalue weighted by Crippen LogP contribution is 2.27. The number of allylic oxidation sites excluding steroid dienone is 2. The van der Waals surface area contributed by atoms with Crippen molar-refractivity contribution >= 4 is 0 Å². The molecule has 0 spiro atoms. The van der Waals surface area contributed by atoms with Crippen molar-refractivity contribution in [3.8, 4) is 0 Å². The van der Waals surface area contributed by atoms with Crippen LogP contribution < -0.4 is 0 Å². The molecule has 5 atom stereocenters. The Labute approximate surface area is 177 Å². The Morgan fingerprint density at radius 3 is 1.38 bits per heavy atom. The number of methoxy groups -OCH3 is 2. The molecule has 0 aliphatic rings. The Hall–Kier alpha value is -1.39. The van der Waals surface area contributed by atoms with Crippen LogP contribution in [0.2, 0.25) is 0 Å². The van der Waals surface area contributed by atoms with Crippen molar-refractivity contribution in [2.24, 2.45) is 23.7 Å². The quantitative estimate of drug-likeness (QED) is 0.220. The summed E-state index contributed by atoms with van der Waals surface area (Å²) in [6.45, 7) is 19.2. The number of hydrogen-bond donors (Lipinski definition) is 0. The smallest absolute Gasteiger partial charge is 0.203 e. The second-order valence-corrected chi connectivity index (χ2v) is 8.16. The average Bonchev–Trinajstić information content (AvgIpc) is 2.72. The first-order valence-corrected chi connectivity index (χ1v) is 10.6. The van der Waals surface area contributed by atoms with Gasteiger partial charge in [-0.05, 0) is 37.0 Å². The van der Waals surface area contributed by atoms with Gasteiger partial charge >= 0.3 is 0 Å². The highest BCUT2D eigenvalue weighted by molar-refractivity contribution is 5.28. The zero-order valence-corrected chi connectivity index (χ0v) is 19.8. The van der Waals surface area contributed by atoms with Crippen molar-refractivity contribution in [1.82, 2.24) is 0 Å². The molecule has 0 fully saturated rings. The second kappa shape index (κ2) is 16.4. The molecule has 0 N–H and O–H groups in total. The lowest BCUT2D eigenvalue weighted by Gasteiger charge is -2.23. The summed E-state index contributed by atoms with van der Waals surface area (Å²) >= 11 is 0. The van der Waals surface area contributed by atoms with E-state index >= 15 is 0 Å². The molecule has 172 valence electrons. The minimum absolute atomic E-state index is 0.221. The molecule has 0 aromatic carbocycles. The average molecular weight is 421 g/mol. The van der Waals surface area contributed by atoms with Crippen molar-refractivity contribution < 1.29 is 22.6 Å². The molecule has 0 aromatic heterocycles. The van der Waals surface area contributed by atoms with E-state index in [9.17, 15) is 13.2 Å². The minimum atomic E-state index is -1.20. The lowest BCUT2D eigenvalue weighted by molar-refractivity contribution is 0.225. The molecule has 0 aromatic rings. The van der Waals surface area contributed by atoms with Crippen LogP contribution in [-0.2, 0) is 9.47 Å². The highest BCUT2D eigenvalue weighted by Gasteiger charge is 2.17. The lowest BCUT2D eigenvalue weighted by Crippen LogP contribution is -2.14. The van der Waals surface area contributed by atoms with Gasteiger partial charge in [-0.15, -0.1) is 0 Å². The zero-order chi connectivity index (χ0) is 23.1. The number of halogens is 3. The Morgan fingerprint density at radius 2 is 1.07 bits per heavy atom. The van der Waals surface area contributed by atoms with Crippen molar-refractivity contribution in [3.05, 3.63) is 36.3 Å². The number of ether oxygens (including phenoxy) is 2. The van der Waals surface area contributed by atoms with Crippen LogP contribution in [0.4, 0.5) is 13.2 Å². The van der Waals surface area contributed by atoms with Gasteiger partial charge in [0.05, 0.1) is 20.4 Å². The summed E-state index contributed by atoms with van der Waals surface area (Å²) in [6, 6.07) is 0. The van der Waals surface area contributed by atoms with E-state index in [1.165, 1.54) is 39.9 Å².